The van der Waals surface area contributed by atoms with Crippen molar-refractivity contribution < 1.29 is 19.4 Å². The van der Waals surface area contributed by atoms with Crippen molar-refractivity contribution >= 4 is 28.9 Å². The predicted octanol–water partition coefficient (Wildman–Crippen LogP) is 5.88. The van der Waals surface area contributed by atoms with E-state index in [1.54, 1.807) is 24.3 Å². The van der Waals surface area contributed by atoms with Crippen LogP contribution in [0.5, 0.6) is 0 Å². The van der Waals surface area contributed by atoms with Gasteiger partial charge in [0.2, 0.25) is 0 Å². The van der Waals surface area contributed by atoms with Gasteiger partial charge in [-0.05, 0) is 36.8 Å². The minimum atomic E-state index is -0.509. The monoisotopic (exact) mass is 464 g/mol. The quantitative estimate of drug-likeness (QED) is 0.120. The van der Waals surface area contributed by atoms with E-state index in [1.807, 2.05) is 0 Å². The molecule has 0 aliphatic rings. The fourth-order valence-electron chi connectivity index (χ4n) is 3.16. The van der Waals surface area contributed by atoms with Gasteiger partial charge in [0, 0.05) is 30.1 Å². The van der Waals surface area contributed by atoms with Crippen LogP contribution in [0.4, 0.5) is 11.4 Å². The first-order valence-corrected chi connectivity index (χ1v) is 10.6. The summed E-state index contributed by atoms with van der Waals surface area (Å²) in [6.07, 6.45) is 4.29. The number of hydrogen-bond acceptors (Lipinski definition) is 6. The molecule has 0 aliphatic carbocycles. The molecule has 0 amide bonds. The van der Waals surface area contributed by atoms with Gasteiger partial charge in [0.25, 0.3) is 11.4 Å². The van der Waals surface area contributed by atoms with Gasteiger partial charge >= 0.3 is 5.97 Å². The third-order valence-corrected chi connectivity index (χ3v) is 5.13. The van der Waals surface area contributed by atoms with E-state index < -0.39 is 15.8 Å². The molecule has 174 valence electrons. The number of hydrogen-bond donors (Lipinski definition) is 0. The van der Waals surface area contributed by atoms with Gasteiger partial charge in [-0.15, -0.1) is 11.6 Å². The number of non-ortho nitro benzene ring substituents is 2. The summed E-state index contributed by atoms with van der Waals surface area (Å²) < 4.78 is 5.46. The lowest BCUT2D eigenvalue weighted by molar-refractivity contribution is -0.385. The summed E-state index contributed by atoms with van der Waals surface area (Å²) in [5.74, 6) is -0.244. The van der Waals surface area contributed by atoms with Gasteiger partial charge in [-0.2, -0.15) is 0 Å². The van der Waals surface area contributed by atoms with Gasteiger partial charge in [0.15, 0.2) is 0 Å². The Morgan fingerprint density at radius 2 is 1.25 bits per heavy atom. The summed E-state index contributed by atoms with van der Waals surface area (Å²) >= 11 is 5.65. The molecular weight excluding hydrogens is 436 g/mol. The molecule has 8 nitrogen and oxygen atoms in total. The van der Waals surface area contributed by atoms with Crippen LogP contribution in [-0.4, -0.2) is 28.3 Å². The van der Waals surface area contributed by atoms with Crippen molar-refractivity contribution in [1.29, 1.82) is 0 Å². The third kappa shape index (κ3) is 9.01. The molecule has 2 aromatic rings. The van der Waals surface area contributed by atoms with Gasteiger partial charge in [-0.3, -0.25) is 25.0 Å². The highest BCUT2D eigenvalue weighted by atomic mass is 35.5. The van der Waals surface area contributed by atoms with E-state index in [0.717, 1.165) is 36.8 Å². The first-order valence-electron chi connectivity index (χ1n) is 10.1. The average Bonchev–Trinajstić information content (AvgIpc) is 2.76. The molecular formula is C23H29ClN2O6. The highest BCUT2D eigenvalue weighted by molar-refractivity contribution is 6.17. The molecule has 0 spiro atoms. The van der Waals surface area contributed by atoms with Gasteiger partial charge in [-0.1, -0.05) is 44.5 Å². The summed E-state index contributed by atoms with van der Waals surface area (Å²) in [6.45, 7) is 0.318. The fourth-order valence-corrected chi connectivity index (χ4v) is 3.35. The highest BCUT2D eigenvalue weighted by Gasteiger charge is 2.22. The lowest BCUT2D eigenvalue weighted by atomic mass is 9.92. The number of halogens is 1. The van der Waals surface area contributed by atoms with Crippen LogP contribution in [0.1, 0.15) is 44.2 Å². The lowest BCUT2D eigenvalue weighted by Gasteiger charge is -2.16. The molecule has 0 unspecified atom stereocenters. The van der Waals surface area contributed by atoms with Crippen LogP contribution in [0, 0.1) is 26.1 Å². The summed E-state index contributed by atoms with van der Waals surface area (Å²) in [5, 5.41) is 21.7. The van der Waals surface area contributed by atoms with E-state index in [0.29, 0.717) is 25.3 Å². The Balaban J connectivity index is 0.00000512. The topological polar surface area (TPSA) is 113 Å². The Morgan fingerprint density at radius 1 is 0.812 bits per heavy atom. The first kappa shape index (κ1) is 27.0. The zero-order valence-corrected chi connectivity index (χ0v) is 17.8. The van der Waals surface area contributed by atoms with Crippen LogP contribution < -0.4 is 0 Å². The van der Waals surface area contributed by atoms with Crippen molar-refractivity contribution in [3.05, 3.63) is 79.9 Å². The molecule has 0 radical (unpaired) electrons. The standard InChI is InChI=1S/C22H25ClN2O6.CH4/c23-13-3-1-2-4-14-31-22(26)19(15-17-5-9-20(10-6-17)24(27)28)16-18-7-11-21(12-8-18)25(29)30;/h5-12,19H,1-4,13-16H2;1H4. The number of rotatable bonds is 13. The number of esters is 1. The number of nitro groups is 2. The van der Waals surface area contributed by atoms with Crippen LogP contribution in [0.25, 0.3) is 0 Å². The van der Waals surface area contributed by atoms with Crippen molar-refractivity contribution in [3.63, 3.8) is 0 Å². The molecule has 0 heterocycles. The molecule has 0 saturated carbocycles. The Kier molecular flexibility index (Phi) is 11.9. The lowest BCUT2D eigenvalue weighted by Crippen LogP contribution is -2.23. The van der Waals surface area contributed by atoms with Gasteiger partial charge < -0.3 is 4.74 Å². The molecule has 32 heavy (non-hydrogen) atoms. The molecule has 0 fully saturated rings. The van der Waals surface area contributed by atoms with E-state index in [4.69, 9.17) is 16.3 Å². The minimum Gasteiger partial charge on any atom is -0.465 e. The van der Waals surface area contributed by atoms with Crippen molar-refractivity contribution in [2.75, 3.05) is 12.5 Å². The van der Waals surface area contributed by atoms with E-state index >= 15 is 0 Å². The second-order valence-corrected chi connectivity index (χ2v) is 7.60. The molecule has 0 aromatic heterocycles. The summed E-state index contributed by atoms with van der Waals surface area (Å²) in [7, 11) is 0. The Labute approximate surface area is 192 Å². The van der Waals surface area contributed by atoms with Crippen LogP contribution in [0.15, 0.2) is 48.5 Å². The summed E-state index contributed by atoms with van der Waals surface area (Å²) in [4.78, 5) is 33.5. The van der Waals surface area contributed by atoms with Crippen LogP contribution in [0.2, 0.25) is 0 Å². The number of benzene rings is 2. The first-order chi connectivity index (χ1) is 14.9. The maximum atomic E-state index is 12.7. The fraction of sp³-hybridized carbons (Fsp3) is 0.435. The normalized spacial score (nSPS) is 10.4. The maximum absolute atomic E-state index is 12.7. The van der Waals surface area contributed by atoms with E-state index in [9.17, 15) is 25.0 Å². The number of alkyl halides is 1. The predicted molar refractivity (Wildman–Crippen MR) is 124 cm³/mol. The SMILES string of the molecule is C.O=C(OCCCCCCCl)C(Cc1ccc([N+](=O)[O-])cc1)Cc1ccc([N+](=O)[O-])cc1. The molecule has 0 N–H and O–H groups in total. The van der Waals surface area contributed by atoms with Gasteiger partial charge in [0.1, 0.15) is 0 Å². The Morgan fingerprint density at radius 3 is 1.66 bits per heavy atom. The second-order valence-electron chi connectivity index (χ2n) is 7.22. The molecule has 0 saturated heterocycles. The highest BCUT2D eigenvalue weighted by Crippen LogP contribution is 2.21. The molecule has 0 aliphatic heterocycles. The van der Waals surface area contributed by atoms with E-state index in [-0.39, 0.29) is 24.8 Å². The second kappa shape index (κ2) is 14.1. The Bertz CT molecular complexity index is 812. The molecule has 0 atom stereocenters. The number of carbonyl (C=O) groups excluding carboxylic acids is 1. The van der Waals surface area contributed by atoms with E-state index in [2.05, 4.69) is 0 Å². The Hall–Kier alpha value is -3.00. The maximum Gasteiger partial charge on any atom is 0.309 e. The average molecular weight is 465 g/mol. The number of nitro benzene ring substituents is 2. The zero-order chi connectivity index (χ0) is 22.6. The molecule has 9 heteroatoms. The third-order valence-electron chi connectivity index (χ3n) is 4.86. The van der Waals surface area contributed by atoms with Crippen molar-refractivity contribution in [2.24, 2.45) is 5.92 Å². The molecule has 2 aromatic carbocycles. The number of nitrogens with zero attached hydrogens (tertiary/aromatic N) is 2. The number of unbranched alkanes of at least 4 members (excludes halogenated alkanes) is 3. The van der Waals surface area contributed by atoms with Crippen molar-refractivity contribution in [3.8, 4) is 0 Å². The van der Waals surface area contributed by atoms with Gasteiger partial charge in [0.05, 0.1) is 22.4 Å². The van der Waals surface area contributed by atoms with Crippen molar-refractivity contribution in [1.82, 2.24) is 0 Å². The van der Waals surface area contributed by atoms with Crippen molar-refractivity contribution in [2.45, 2.75) is 46.0 Å². The zero-order valence-electron chi connectivity index (χ0n) is 17.1. The number of ether oxygens (including phenoxy) is 1. The van der Waals surface area contributed by atoms with E-state index in [1.165, 1.54) is 24.3 Å². The molecule has 0 bridgehead atoms. The summed E-state index contributed by atoms with van der Waals surface area (Å²) in [5.41, 5.74) is 1.51. The van der Waals surface area contributed by atoms with Gasteiger partial charge in [-0.25, -0.2) is 0 Å². The smallest absolute Gasteiger partial charge is 0.309 e. The van der Waals surface area contributed by atoms with Crippen LogP contribution in [-0.2, 0) is 22.4 Å². The largest absolute Gasteiger partial charge is 0.465 e. The van der Waals surface area contributed by atoms with Crippen LogP contribution in [0.3, 0.4) is 0 Å². The number of carbonyl (C=O) groups is 1. The summed E-state index contributed by atoms with van der Waals surface area (Å²) in [6, 6.07) is 12.1. The van der Waals surface area contributed by atoms with Crippen LogP contribution >= 0.6 is 11.6 Å². The molecule has 2 rings (SSSR count). The minimum absolute atomic E-state index is 0.